The van der Waals surface area contributed by atoms with Crippen LogP contribution in [0.15, 0.2) is 12.1 Å². The first-order chi connectivity index (χ1) is 6.68. The second-order valence-electron chi connectivity index (χ2n) is 3.47. The van der Waals surface area contributed by atoms with Gasteiger partial charge in [0.1, 0.15) is 5.82 Å². The molecule has 0 saturated carbocycles. The zero-order valence-electron chi connectivity index (χ0n) is 7.56. The highest BCUT2D eigenvalue weighted by molar-refractivity contribution is 5.37. The molecule has 1 aliphatic heterocycles. The summed E-state index contributed by atoms with van der Waals surface area (Å²) in [4.78, 5) is 0. The van der Waals surface area contributed by atoms with Crippen LogP contribution in [0, 0.1) is 11.6 Å². The SMILES string of the molecule is Oc1c(F)cc(F)cc1[C@H]1CCCN1. The first-order valence-corrected chi connectivity index (χ1v) is 4.60. The summed E-state index contributed by atoms with van der Waals surface area (Å²) in [5.41, 5.74) is 0.319. The van der Waals surface area contributed by atoms with Gasteiger partial charge in [0.15, 0.2) is 11.6 Å². The van der Waals surface area contributed by atoms with Gasteiger partial charge in [0.2, 0.25) is 0 Å². The van der Waals surface area contributed by atoms with Crippen molar-refractivity contribution in [2.75, 3.05) is 6.54 Å². The van der Waals surface area contributed by atoms with Crippen LogP contribution < -0.4 is 5.32 Å². The van der Waals surface area contributed by atoms with Gasteiger partial charge in [-0.05, 0) is 25.5 Å². The molecule has 0 bridgehead atoms. The summed E-state index contributed by atoms with van der Waals surface area (Å²) in [6.45, 7) is 0.822. The van der Waals surface area contributed by atoms with Crippen LogP contribution >= 0.6 is 0 Å². The topological polar surface area (TPSA) is 32.3 Å². The van der Waals surface area contributed by atoms with Gasteiger partial charge in [-0.25, -0.2) is 8.78 Å². The first kappa shape index (κ1) is 9.40. The molecule has 0 amide bonds. The van der Waals surface area contributed by atoms with Gasteiger partial charge < -0.3 is 10.4 Å². The van der Waals surface area contributed by atoms with E-state index in [4.69, 9.17) is 0 Å². The molecule has 1 atom stereocenters. The average molecular weight is 199 g/mol. The fourth-order valence-corrected chi connectivity index (χ4v) is 1.80. The number of hydrogen-bond acceptors (Lipinski definition) is 2. The van der Waals surface area contributed by atoms with Gasteiger partial charge in [0.25, 0.3) is 0 Å². The zero-order chi connectivity index (χ0) is 10.1. The number of benzene rings is 1. The van der Waals surface area contributed by atoms with Crippen molar-refractivity contribution in [3.63, 3.8) is 0 Å². The van der Waals surface area contributed by atoms with Crippen molar-refractivity contribution in [1.29, 1.82) is 0 Å². The smallest absolute Gasteiger partial charge is 0.168 e. The number of hydrogen-bond donors (Lipinski definition) is 2. The Labute approximate surface area is 80.6 Å². The van der Waals surface area contributed by atoms with Crippen molar-refractivity contribution >= 4 is 0 Å². The largest absolute Gasteiger partial charge is 0.505 e. The average Bonchev–Trinajstić information content (AvgIpc) is 2.63. The molecule has 4 heteroatoms. The van der Waals surface area contributed by atoms with E-state index in [1.165, 1.54) is 6.07 Å². The lowest BCUT2D eigenvalue weighted by Gasteiger charge is -2.12. The van der Waals surface area contributed by atoms with Crippen molar-refractivity contribution < 1.29 is 13.9 Å². The molecule has 0 unspecified atom stereocenters. The van der Waals surface area contributed by atoms with Crippen molar-refractivity contribution in [1.82, 2.24) is 5.32 Å². The molecule has 2 N–H and O–H groups in total. The molecule has 0 aliphatic carbocycles. The summed E-state index contributed by atoms with van der Waals surface area (Å²) in [6, 6.07) is 1.75. The molecular formula is C10H11F2NO. The van der Waals surface area contributed by atoms with Gasteiger partial charge in [-0.3, -0.25) is 0 Å². The summed E-state index contributed by atoms with van der Waals surface area (Å²) in [7, 11) is 0. The van der Waals surface area contributed by atoms with E-state index in [1.54, 1.807) is 0 Å². The molecule has 0 radical (unpaired) electrons. The third-order valence-corrected chi connectivity index (χ3v) is 2.49. The van der Waals surface area contributed by atoms with Crippen LogP contribution in [-0.2, 0) is 0 Å². The number of rotatable bonds is 1. The zero-order valence-corrected chi connectivity index (χ0v) is 7.56. The Bertz CT molecular complexity index is 348. The number of phenols is 1. The van der Waals surface area contributed by atoms with E-state index < -0.39 is 17.4 Å². The predicted molar refractivity (Wildman–Crippen MR) is 48.0 cm³/mol. The van der Waals surface area contributed by atoms with E-state index >= 15 is 0 Å². The highest BCUT2D eigenvalue weighted by Gasteiger charge is 2.21. The maximum Gasteiger partial charge on any atom is 0.168 e. The Balaban J connectivity index is 2.40. The predicted octanol–water partition coefficient (Wildman–Crippen LogP) is 2.09. The lowest BCUT2D eigenvalue weighted by Crippen LogP contribution is -2.13. The van der Waals surface area contributed by atoms with Gasteiger partial charge in [-0.15, -0.1) is 0 Å². The van der Waals surface area contributed by atoms with Crippen LogP contribution in [0.5, 0.6) is 5.75 Å². The van der Waals surface area contributed by atoms with Gasteiger partial charge in [-0.2, -0.15) is 0 Å². The highest BCUT2D eigenvalue weighted by atomic mass is 19.1. The van der Waals surface area contributed by atoms with E-state index in [0.29, 0.717) is 11.6 Å². The van der Waals surface area contributed by atoms with Crippen LogP contribution in [0.4, 0.5) is 8.78 Å². The fourth-order valence-electron chi connectivity index (χ4n) is 1.80. The summed E-state index contributed by atoms with van der Waals surface area (Å²) in [5.74, 6) is -1.98. The molecule has 1 saturated heterocycles. The second-order valence-corrected chi connectivity index (χ2v) is 3.47. The second kappa shape index (κ2) is 3.53. The van der Waals surface area contributed by atoms with Crippen LogP contribution in [0.25, 0.3) is 0 Å². The van der Waals surface area contributed by atoms with E-state index in [1.807, 2.05) is 0 Å². The molecule has 1 aromatic carbocycles. The number of nitrogens with one attached hydrogen (secondary N) is 1. The van der Waals surface area contributed by atoms with E-state index in [9.17, 15) is 13.9 Å². The van der Waals surface area contributed by atoms with E-state index in [2.05, 4.69) is 5.32 Å². The minimum atomic E-state index is -0.895. The number of halogens is 2. The Morgan fingerprint density at radius 1 is 1.36 bits per heavy atom. The van der Waals surface area contributed by atoms with Gasteiger partial charge in [-0.1, -0.05) is 0 Å². The summed E-state index contributed by atoms with van der Waals surface area (Å²) >= 11 is 0. The molecule has 2 nitrogen and oxygen atoms in total. The first-order valence-electron chi connectivity index (χ1n) is 4.60. The molecule has 14 heavy (non-hydrogen) atoms. The standard InChI is InChI=1S/C10H11F2NO/c11-6-4-7(9-2-1-3-13-9)10(14)8(12)5-6/h4-5,9,13-14H,1-3H2/t9-/m1/s1. The Kier molecular flexibility index (Phi) is 2.37. The molecule has 2 rings (SSSR count). The molecule has 0 spiro atoms. The Morgan fingerprint density at radius 3 is 2.79 bits per heavy atom. The maximum absolute atomic E-state index is 13.0. The maximum atomic E-state index is 13.0. The van der Waals surface area contributed by atoms with Crippen LogP contribution in [-0.4, -0.2) is 11.7 Å². The number of aromatic hydroxyl groups is 1. The summed E-state index contributed by atoms with van der Waals surface area (Å²) in [5, 5.41) is 12.5. The van der Waals surface area contributed by atoms with Gasteiger partial charge >= 0.3 is 0 Å². The lowest BCUT2D eigenvalue weighted by molar-refractivity contribution is 0.412. The van der Waals surface area contributed by atoms with E-state index in [0.717, 1.165) is 19.4 Å². The minimum absolute atomic E-state index is 0.125. The van der Waals surface area contributed by atoms with Crippen molar-refractivity contribution in [2.24, 2.45) is 0 Å². The molecular weight excluding hydrogens is 188 g/mol. The molecule has 1 aliphatic rings. The Morgan fingerprint density at radius 2 is 2.14 bits per heavy atom. The van der Waals surface area contributed by atoms with Crippen molar-refractivity contribution in [2.45, 2.75) is 18.9 Å². The fraction of sp³-hybridized carbons (Fsp3) is 0.400. The monoisotopic (exact) mass is 199 g/mol. The van der Waals surface area contributed by atoms with Gasteiger partial charge in [0, 0.05) is 17.7 Å². The summed E-state index contributed by atoms with van der Waals surface area (Å²) in [6.07, 6.45) is 1.76. The number of phenolic OH excluding ortho intramolecular Hbond substituents is 1. The molecule has 1 aromatic rings. The van der Waals surface area contributed by atoms with Crippen LogP contribution in [0.3, 0.4) is 0 Å². The molecule has 1 heterocycles. The molecule has 76 valence electrons. The van der Waals surface area contributed by atoms with Crippen LogP contribution in [0.1, 0.15) is 24.4 Å². The quantitative estimate of drug-likeness (QED) is 0.725. The lowest BCUT2D eigenvalue weighted by atomic mass is 10.0. The third kappa shape index (κ3) is 1.57. The van der Waals surface area contributed by atoms with Crippen molar-refractivity contribution in [3.05, 3.63) is 29.3 Å². The Hall–Kier alpha value is -1.16. The molecule has 1 fully saturated rings. The van der Waals surface area contributed by atoms with Crippen molar-refractivity contribution in [3.8, 4) is 5.75 Å². The normalized spacial score (nSPS) is 21.4. The third-order valence-electron chi connectivity index (χ3n) is 2.49. The van der Waals surface area contributed by atoms with Gasteiger partial charge in [0.05, 0.1) is 0 Å². The minimum Gasteiger partial charge on any atom is -0.505 e. The molecule has 0 aromatic heterocycles. The van der Waals surface area contributed by atoms with Crippen LogP contribution in [0.2, 0.25) is 0 Å². The summed E-state index contributed by atoms with van der Waals surface area (Å²) < 4.78 is 25.9. The highest BCUT2D eigenvalue weighted by Crippen LogP contribution is 2.32. The van der Waals surface area contributed by atoms with E-state index in [-0.39, 0.29) is 6.04 Å².